The van der Waals surface area contributed by atoms with Crippen LogP contribution in [0, 0.1) is 6.92 Å². The van der Waals surface area contributed by atoms with Gasteiger partial charge >= 0.3 is 0 Å². The second-order valence-corrected chi connectivity index (χ2v) is 5.70. The molecule has 3 rings (SSSR count). The first-order valence-corrected chi connectivity index (χ1v) is 7.22. The summed E-state index contributed by atoms with van der Waals surface area (Å²) in [6.45, 7) is 1.94. The molecule has 2 aromatic rings. The van der Waals surface area contributed by atoms with E-state index in [1.54, 1.807) is 0 Å². The fraction of sp³-hybridized carbons (Fsp3) is 0.294. The first-order chi connectivity index (χ1) is 9.63. The molecule has 0 heterocycles. The summed E-state index contributed by atoms with van der Waals surface area (Å²) in [6.07, 6.45) is 2.05. The van der Waals surface area contributed by atoms with E-state index in [1.807, 2.05) is 49.4 Å². The molecule has 1 N–H and O–H groups in total. The quantitative estimate of drug-likeness (QED) is 0.910. The third-order valence-corrected chi connectivity index (χ3v) is 3.94. The Kier molecular flexibility index (Phi) is 3.68. The monoisotopic (exact) mass is 288 g/mol. The number of hydrogen-bond acceptors (Lipinski definition) is 2. The van der Waals surface area contributed by atoms with Crippen molar-refractivity contribution < 1.29 is 9.84 Å². The average molecular weight is 289 g/mol. The van der Waals surface area contributed by atoms with Crippen LogP contribution in [-0.2, 0) is 0 Å². The van der Waals surface area contributed by atoms with Crippen molar-refractivity contribution in [1.29, 1.82) is 0 Å². The van der Waals surface area contributed by atoms with Gasteiger partial charge in [-0.15, -0.1) is 0 Å². The third-order valence-electron chi connectivity index (χ3n) is 3.52. The van der Waals surface area contributed by atoms with Crippen molar-refractivity contribution in [1.82, 2.24) is 0 Å². The van der Waals surface area contributed by atoms with Gasteiger partial charge in [0.05, 0.1) is 6.10 Å². The molecule has 1 aliphatic carbocycles. The van der Waals surface area contributed by atoms with Gasteiger partial charge in [0.1, 0.15) is 11.9 Å². The first kappa shape index (κ1) is 13.5. The minimum Gasteiger partial charge on any atom is -0.490 e. The van der Waals surface area contributed by atoms with Crippen molar-refractivity contribution in [2.45, 2.75) is 32.0 Å². The molecule has 1 saturated carbocycles. The Morgan fingerprint density at radius 3 is 2.35 bits per heavy atom. The van der Waals surface area contributed by atoms with Crippen LogP contribution in [0.3, 0.4) is 0 Å². The number of aryl methyl sites for hydroxylation is 1. The van der Waals surface area contributed by atoms with Gasteiger partial charge < -0.3 is 9.84 Å². The Labute approximate surface area is 124 Å². The van der Waals surface area contributed by atoms with Crippen molar-refractivity contribution in [3.8, 4) is 5.75 Å². The number of aliphatic hydroxyl groups excluding tert-OH is 1. The van der Waals surface area contributed by atoms with Crippen LogP contribution in [0.5, 0.6) is 5.75 Å². The Morgan fingerprint density at radius 2 is 1.75 bits per heavy atom. The van der Waals surface area contributed by atoms with Crippen LogP contribution in [-0.4, -0.2) is 11.2 Å². The van der Waals surface area contributed by atoms with Crippen molar-refractivity contribution >= 4 is 11.6 Å². The van der Waals surface area contributed by atoms with Gasteiger partial charge in [0, 0.05) is 5.02 Å². The highest BCUT2D eigenvalue weighted by molar-refractivity contribution is 6.31. The van der Waals surface area contributed by atoms with E-state index < -0.39 is 6.10 Å². The van der Waals surface area contributed by atoms with Gasteiger partial charge in [0.15, 0.2) is 0 Å². The van der Waals surface area contributed by atoms with Crippen LogP contribution in [0.1, 0.15) is 35.6 Å². The van der Waals surface area contributed by atoms with Crippen molar-refractivity contribution in [2.24, 2.45) is 0 Å². The zero-order valence-electron chi connectivity index (χ0n) is 11.3. The third kappa shape index (κ3) is 2.97. The predicted molar refractivity (Wildman–Crippen MR) is 80.3 cm³/mol. The molecule has 0 aliphatic heterocycles. The van der Waals surface area contributed by atoms with E-state index in [4.69, 9.17) is 16.3 Å². The van der Waals surface area contributed by atoms with E-state index in [-0.39, 0.29) is 0 Å². The molecule has 1 atom stereocenters. The lowest BCUT2D eigenvalue weighted by atomic mass is 10.00. The SMILES string of the molecule is Cc1cc(C(O)c2ccc(OC3CC3)cc2)ccc1Cl. The molecule has 0 amide bonds. The fourth-order valence-corrected chi connectivity index (χ4v) is 2.25. The largest absolute Gasteiger partial charge is 0.490 e. The van der Waals surface area contributed by atoms with Gasteiger partial charge in [0.2, 0.25) is 0 Å². The Morgan fingerprint density at radius 1 is 1.10 bits per heavy atom. The molecule has 0 spiro atoms. The zero-order chi connectivity index (χ0) is 14.1. The Hall–Kier alpha value is -1.51. The topological polar surface area (TPSA) is 29.5 Å². The molecule has 104 valence electrons. The van der Waals surface area contributed by atoms with Crippen LogP contribution >= 0.6 is 11.6 Å². The van der Waals surface area contributed by atoms with Crippen LogP contribution in [0.25, 0.3) is 0 Å². The fourth-order valence-electron chi connectivity index (χ4n) is 2.14. The maximum Gasteiger partial charge on any atom is 0.119 e. The van der Waals surface area contributed by atoms with Gasteiger partial charge in [-0.2, -0.15) is 0 Å². The zero-order valence-corrected chi connectivity index (χ0v) is 12.1. The summed E-state index contributed by atoms with van der Waals surface area (Å²) in [5.41, 5.74) is 2.68. The van der Waals surface area contributed by atoms with Gasteiger partial charge in [-0.3, -0.25) is 0 Å². The smallest absolute Gasteiger partial charge is 0.119 e. The van der Waals surface area contributed by atoms with Gasteiger partial charge in [-0.25, -0.2) is 0 Å². The molecule has 0 radical (unpaired) electrons. The van der Waals surface area contributed by atoms with Crippen LogP contribution < -0.4 is 4.74 Å². The van der Waals surface area contributed by atoms with Gasteiger partial charge in [-0.05, 0) is 54.7 Å². The summed E-state index contributed by atoms with van der Waals surface area (Å²) >= 11 is 6.01. The maximum absolute atomic E-state index is 10.4. The van der Waals surface area contributed by atoms with Crippen LogP contribution in [0.15, 0.2) is 42.5 Å². The lowest BCUT2D eigenvalue weighted by Gasteiger charge is -2.13. The molecule has 1 fully saturated rings. The molecule has 0 bridgehead atoms. The van der Waals surface area contributed by atoms with E-state index in [0.29, 0.717) is 11.1 Å². The maximum atomic E-state index is 10.4. The summed E-state index contributed by atoms with van der Waals surface area (Å²) in [7, 11) is 0. The summed E-state index contributed by atoms with van der Waals surface area (Å²) in [5.74, 6) is 0.871. The van der Waals surface area contributed by atoms with Crippen molar-refractivity contribution in [3.05, 3.63) is 64.2 Å². The standard InChI is InChI=1S/C17H17ClO2/c1-11-10-13(4-9-16(11)18)17(19)12-2-5-14(6-3-12)20-15-7-8-15/h2-6,9-10,15,17,19H,7-8H2,1H3. The molecule has 1 unspecified atom stereocenters. The minimum atomic E-state index is -0.638. The highest BCUT2D eigenvalue weighted by atomic mass is 35.5. The van der Waals surface area contributed by atoms with Crippen molar-refractivity contribution in [2.75, 3.05) is 0 Å². The number of ether oxygens (including phenoxy) is 1. The molecule has 1 aliphatic rings. The summed E-state index contributed by atoms with van der Waals surface area (Å²) in [4.78, 5) is 0. The highest BCUT2D eigenvalue weighted by Crippen LogP contribution is 2.29. The van der Waals surface area contributed by atoms with E-state index in [2.05, 4.69) is 0 Å². The lowest BCUT2D eigenvalue weighted by Crippen LogP contribution is -2.01. The van der Waals surface area contributed by atoms with E-state index in [9.17, 15) is 5.11 Å². The summed E-state index contributed by atoms with van der Waals surface area (Å²) in [6, 6.07) is 13.2. The molecule has 0 saturated heterocycles. The van der Waals surface area contributed by atoms with Crippen LogP contribution in [0.2, 0.25) is 5.02 Å². The molecule has 2 aromatic carbocycles. The first-order valence-electron chi connectivity index (χ1n) is 6.84. The molecule has 0 aromatic heterocycles. The highest BCUT2D eigenvalue weighted by Gasteiger charge is 2.23. The number of halogens is 1. The molecule has 20 heavy (non-hydrogen) atoms. The van der Waals surface area contributed by atoms with Crippen molar-refractivity contribution in [3.63, 3.8) is 0 Å². The van der Waals surface area contributed by atoms with E-state index in [1.165, 1.54) is 0 Å². The average Bonchev–Trinajstić information content (AvgIpc) is 3.26. The van der Waals surface area contributed by atoms with Gasteiger partial charge in [-0.1, -0.05) is 35.9 Å². The molecular weight excluding hydrogens is 272 g/mol. The van der Waals surface area contributed by atoms with Crippen LogP contribution in [0.4, 0.5) is 0 Å². The normalized spacial score (nSPS) is 15.9. The molecule has 3 heteroatoms. The molecular formula is C17H17ClO2. The second-order valence-electron chi connectivity index (χ2n) is 5.30. The minimum absolute atomic E-state index is 0.393. The summed E-state index contributed by atoms with van der Waals surface area (Å²) < 4.78 is 5.70. The lowest BCUT2D eigenvalue weighted by molar-refractivity contribution is 0.220. The predicted octanol–water partition coefficient (Wildman–Crippen LogP) is 4.27. The van der Waals surface area contributed by atoms with E-state index >= 15 is 0 Å². The molecule has 2 nitrogen and oxygen atoms in total. The number of benzene rings is 2. The van der Waals surface area contributed by atoms with E-state index in [0.717, 1.165) is 35.3 Å². The second kappa shape index (κ2) is 5.47. The number of hydrogen-bond donors (Lipinski definition) is 1. The number of rotatable bonds is 4. The number of aliphatic hydroxyl groups is 1. The Bertz CT molecular complexity index is 603. The Balaban J connectivity index is 1.78. The summed E-state index contributed by atoms with van der Waals surface area (Å²) in [5, 5.41) is 11.1. The van der Waals surface area contributed by atoms with Gasteiger partial charge in [0.25, 0.3) is 0 Å².